The maximum atomic E-state index is 6.34. The van der Waals surface area contributed by atoms with Crippen LogP contribution in [-0.2, 0) is 6.42 Å². The molecule has 0 fully saturated rings. The fourth-order valence-electron chi connectivity index (χ4n) is 2.27. The van der Waals surface area contributed by atoms with Crippen LogP contribution in [0.2, 0.25) is 10.0 Å². The molecule has 0 saturated carbocycles. The molecule has 0 aliphatic carbocycles. The molecule has 0 N–H and O–H groups in total. The highest BCUT2D eigenvalue weighted by Gasteiger charge is 2.15. The van der Waals surface area contributed by atoms with Crippen molar-refractivity contribution in [3.63, 3.8) is 0 Å². The smallest absolute Gasteiger partial charge is 0.164 e. The van der Waals surface area contributed by atoms with Gasteiger partial charge in [0, 0.05) is 23.0 Å². The van der Waals surface area contributed by atoms with Gasteiger partial charge >= 0.3 is 0 Å². The zero-order chi connectivity index (χ0) is 15.0. The van der Waals surface area contributed by atoms with Gasteiger partial charge in [-0.25, -0.2) is 9.97 Å². The van der Waals surface area contributed by atoms with Crippen LogP contribution in [0.3, 0.4) is 0 Å². The fraction of sp³-hybridized carbons (Fsp3) is 0.200. The summed E-state index contributed by atoms with van der Waals surface area (Å²) in [6, 6.07) is 9.27. The number of halogens is 3. The summed E-state index contributed by atoms with van der Waals surface area (Å²) in [6.45, 7) is 1.95. The summed E-state index contributed by atoms with van der Waals surface area (Å²) in [7, 11) is 0. The van der Waals surface area contributed by atoms with E-state index < -0.39 is 0 Å². The zero-order valence-electron chi connectivity index (χ0n) is 11.3. The second-order valence-corrected chi connectivity index (χ2v) is 5.92. The largest absolute Gasteiger partial charge is 0.279 e. The van der Waals surface area contributed by atoms with E-state index in [0.717, 1.165) is 28.4 Å². The number of hydrogen-bond donors (Lipinski definition) is 0. The number of pyridine rings is 1. The van der Waals surface area contributed by atoms with Crippen LogP contribution in [0.25, 0.3) is 16.9 Å². The first-order valence-electron chi connectivity index (χ1n) is 6.46. The third-order valence-electron chi connectivity index (χ3n) is 3.18. The quantitative estimate of drug-likeness (QED) is 0.640. The Bertz CT molecular complexity index is 811. The molecule has 108 valence electrons. The highest BCUT2D eigenvalue weighted by atomic mass is 35.5. The second-order valence-electron chi connectivity index (χ2n) is 4.69. The summed E-state index contributed by atoms with van der Waals surface area (Å²) in [6.07, 6.45) is 0.635. The molecule has 0 amide bonds. The lowest BCUT2D eigenvalue weighted by Crippen LogP contribution is -2.04. The molecule has 0 bridgehead atoms. The number of imidazole rings is 1. The topological polar surface area (TPSA) is 30.7 Å². The minimum Gasteiger partial charge on any atom is -0.279 e. The molecular formula is C15H12Cl3N3. The van der Waals surface area contributed by atoms with Gasteiger partial charge in [0.05, 0.1) is 10.7 Å². The van der Waals surface area contributed by atoms with Gasteiger partial charge in [0.2, 0.25) is 0 Å². The molecule has 2 aromatic heterocycles. The Hall–Kier alpha value is -1.29. The Morgan fingerprint density at radius 3 is 2.62 bits per heavy atom. The lowest BCUT2D eigenvalue weighted by Gasteiger charge is -2.10. The average Bonchev–Trinajstić information content (AvgIpc) is 2.77. The molecule has 21 heavy (non-hydrogen) atoms. The maximum Gasteiger partial charge on any atom is 0.164 e. The number of nitrogens with zero attached hydrogens (tertiary/aromatic N) is 3. The average molecular weight is 341 g/mol. The van der Waals surface area contributed by atoms with Crippen molar-refractivity contribution in [1.29, 1.82) is 0 Å². The third-order valence-corrected chi connectivity index (χ3v) is 3.91. The van der Waals surface area contributed by atoms with E-state index >= 15 is 0 Å². The van der Waals surface area contributed by atoms with Gasteiger partial charge in [-0.3, -0.25) is 4.57 Å². The number of rotatable bonds is 3. The Labute approximate surface area is 137 Å². The summed E-state index contributed by atoms with van der Waals surface area (Å²) >= 11 is 18.2. The molecule has 3 nitrogen and oxygen atoms in total. The number of fused-ring (bicyclic) bond motifs is 1. The van der Waals surface area contributed by atoms with Gasteiger partial charge in [-0.1, -0.05) is 23.2 Å². The summed E-state index contributed by atoms with van der Waals surface area (Å²) < 4.78 is 1.95. The van der Waals surface area contributed by atoms with Crippen molar-refractivity contribution < 1.29 is 0 Å². The van der Waals surface area contributed by atoms with E-state index in [9.17, 15) is 0 Å². The summed E-state index contributed by atoms with van der Waals surface area (Å²) in [5.74, 6) is 1.32. The van der Waals surface area contributed by atoms with Gasteiger partial charge in [-0.2, -0.15) is 0 Å². The molecule has 0 aliphatic rings. The van der Waals surface area contributed by atoms with E-state index in [1.165, 1.54) is 0 Å². The first-order valence-corrected chi connectivity index (χ1v) is 7.75. The van der Waals surface area contributed by atoms with Gasteiger partial charge in [-0.05, 0) is 37.3 Å². The molecule has 3 aromatic rings. The minimum atomic E-state index is 0.480. The van der Waals surface area contributed by atoms with Crippen LogP contribution in [-0.4, -0.2) is 20.4 Å². The van der Waals surface area contributed by atoms with Crippen LogP contribution in [0.1, 0.15) is 11.5 Å². The Kier molecular flexibility index (Phi) is 4.07. The summed E-state index contributed by atoms with van der Waals surface area (Å²) in [5.41, 5.74) is 3.33. The second kappa shape index (κ2) is 5.84. The van der Waals surface area contributed by atoms with Crippen LogP contribution in [0, 0.1) is 6.92 Å². The van der Waals surface area contributed by atoms with Crippen molar-refractivity contribution in [3.8, 4) is 5.69 Å². The fourth-order valence-corrected chi connectivity index (χ4v) is 2.93. The molecule has 0 aliphatic heterocycles. The molecule has 0 radical (unpaired) electrons. The normalized spacial score (nSPS) is 11.2. The molecule has 6 heteroatoms. The highest BCUT2D eigenvalue weighted by molar-refractivity contribution is 6.35. The summed E-state index contributed by atoms with van der Waals surface area (Å²) in [5, 5.41) is 1.15. The number of benzene rings is 1. The first kappa shape index (κ1) is 14.6. The SMILES string of the molecule is Cc1ccc2nc(CCCl)n(-c3ccc(Cl)cc3Cl)c2n1. The molecule has 3 rings (SSSR count). The van der Waals surface area contributed by atoms with Gasteiger partial charge in [0.1, 0.15) is 11.3 Å². The van der Waals surface area contributed by atoms with Crippen LogP contribution in [0.5, 0.6) is 0 Å². The molecular weight excluding hydrogens is 329 g/mol. The number of hydrogen-bond acceptors (Lipinski definition) is 2. The molecule has 0 unspecified atom stereocenters. The predicted octanol–water partition coefficient (Wildman–Crippen LogP) is 4.82. The monoisotopic (exact) mass is 339 g/mol. The van der Waals surface area contributed by atoms with Gasteiger partial charge in [0.25, 0.3) is 0 Å². The number of alkyl halides is 1. The van der Waals surface area contributed by atoms with Crippen molar-refractivity contribution in [2.45, 2.75) is 13.3 Å². The van der Waals surface area contributed by atoms with Crippen LogP contribution < -0.4 is 0 Å². The van der Waals surface area contributed by atoms with Gasteiger partial charge in [0.15, 0.2) is 5.65 Å². The van der Waals surface area contributed by atoms with Crippen molar-refractivity contribution in [2.24, 2.45) is 0 Å². The first-order chi connectivity index (χ1) is 10.1. The van der Waals surface area contributed by atoms with Gasteiger partial charge < -0.3 is 0 Å². The lowest BCUT2D eigenvalue weighted by molar-refractivity contribution is 0.904. The standard InChI is InChI=1S/C15H12Cl3N3/c1-9-2-4-12-15(19-9)21(14(20-12)6-7-16)13-5-3-10(17)8-11(13)18/h2-5,8H,6-7H2,1H3. The number of aromatic nitrogens is 3. The van der Waals surface area contributed by atoms with E-state index in [1.54, 1.807) is 12.1 Å². The molecule has 2 heterocycles. The van der Waals surface area contributed by atoms with E-state index in [2.05, 4.69) is 9.97 Å². The van der Waals surface area contributed by atoms with Crippen molar-refractivity contribution in [2.75, 3.05) is 5.88 Å². The van der Waals surface area contributed by atoms with Crippen LogP contribution in [0.15, 0.2) is 30.3 Å². The maximum absolute atomic E-state index is 6.34. The molecule has 0 spiro atoms. The molecule has 1 aromatic carbocycles. The Balaban J connectivity index is 2.32. The zero-order valence-corrected chi connectivity index (χ0v) is 13.5. The molecule has 0 atom stereocenters. The minimum absolute atomic E-state index is 0.480. The third kappa shape index (κ3) is 2.73. The highest BCUT2D eigenvalue weighted by Crippen LogP contribution is 2.28. The van der Waals surface area contributed by atoms with Gasteiger partial charge in [-0.15, -0.1) is 11.6 Å². The van der Waals surface area contributed by atoms with Crippen molar-refractivity contribution in [1.82, 2.24) is 14.5 Å². The van der Waals surface area contributed by atoms with Crippen LogP contribution >= 0.6 is 34.8 Å². The Morgan fingerprint density at radius 1 is 1.10 bits per heavy atom. The van der Waals surface area contributed by atoms with E-state index in [-0.39, 0.29) is 0 Å². The Morgan fingerprint density at radius 2 is 1.90 bits per heavy atom. The van der Waals surface area contributed by atoms with E-state index in [4.69, 9.17) is 34.8 Å². The predicted molar refractivity (Wildman–Crippen MR) is 88.0 cm³/mol. The van der Waals surface area contributed by atoms with Crippen LogP contribution in [0.4, 0.5) is 0 Å². The number of aryl methyl sites for hydroxylation is 2. The lowest BCUT2D eigenvalue weighted by atomic mass is 10.3. The van der Waals surface area contributed by atoms with E-state index in [0.29, 0.717) is 22.3 Å². The van der Waals surface area contributed by atoms with Crippen molar-refractivity contribution >= 4 is 46.0 Å². The van der Waals surface area contributed by atoms with Crippen molar-refractivity contribution in [3.05, 3.63) is 51.9 Å². The van der Waals surface area contributed by atoms with E-state index in [1.807, 2.05) is 29.7 Å². The molecule has 0 saturated heterocycles. The summed E-state index contributed by atoms with van der Waals surface area (Å²) in [4.78, 5) is 9.19.